The van der Waals surface area contributed by atoms with Crippen LogP contribution in [0.4, 0.5) is 5.82 Å². The Bertz CT molecular complexity index is 417. The standard InChI is InChI=1S/C13H20ClN3S/c1-8(2)12-16-11(14)9(3)13(17-12)15-10-4-6-18-7-5-10/h8,10H,4-7H2,1-3H3,(H,15,16,17). The zero-order valence-corrected chi connectivity index (χ0v) is 12.7. The molecule has 1 fully saturated rings. The molecular formula is C13H20ClN3S. The Morgan fingerprint density at radius 3 is 2.56 bits per heavy atom. The fourth-order valence-electron chi connectivity index (χ4n) is 1.94. The Morgan fingerprint density at radius 2 is 1.94 bits per heavy atom. The molecule has 1 aliphatic heterocycles. The van der Waals surface area contributed by atoms with Crippen LogP contribution in [0, 0.1) is 6.92 Å². The monoisotopic (exact) mass is 285 g/mol. The lowest BCUT2D eigenvalue weighted by Crippen LogP contribution is -2.26. The Morgan fingerprint density at radius 1 is 1.28 bits per heavy atom. The van der Waals surface area contributed by atoms with Gasteiger partial charge >= 0.3 is 0 Å². The van der Waals surface area contributed by atoms with Crippen LogP contribution in [0.5, 0.6) is 0 Å². The van der Waals surface area contributed by atoms with E-state index in [1.807, 2.05) is 18.7 Å². The molecule has 0 bridgehead atoms. The maximum absolute atomic E-state index is 6.19. The first-order valence-corrected chi connectivity index (χ1v) is 7.99. The maximum atomic E-state index is 6.19. The van der Waals surface area contributed by atoms with E-state index in [1.165, 1.54) is 24.3 Å². The van der Waals surface area contributed by atoms with Gasteiger partial charge in [-0.25, -0.2) is 9.97 Å². The van der Waals surface area contributed by atoms with Gasteiger partial charge in [-0.3, -0.25) is 0 Å². The van der Waals surface area contributed by atoms with E-state index in [1.54, 1.807) is 0 Å². The summed E-state index contributed by atoms with van der Waals surface area (Å²) in [6.07, 6.45) is 2.39. The lowest BCUT2D eigenvalue weighted by atomic mass is 10.1. The van der Waals surface area contributed by atoms with Gasteiger partial charge in [0.25, 0.3) is 0 Å². The summed E-state index contributed by atoms with van der Waals surface area (Å²) < 4.78 is 0. The molecule has 0 spiro atoms. The Hall–Kier alpha value is -0.480. The Labute approximate surface area is 118 Å². The summed E-state index contributed by atoms with van der Waals surface area (Å²) in [4.78, 5) is 8.95. The quantitative estimate of drug-likeness (QED) is 0.856. The highest BCUT2D eigenvalue weighted by atomic mass is 35.5. The van der Waals surface area contributed by atoms with Crippen molar-refractivity contribution >= 4 is 29.2 Å². The van der Waals surface area contributed by atoms with Gasteiger partial charge in [-0.15, -0.1) is 0 Å². The summed E-state index contributed by atoms with van der Waals surface area (Å²) in [5.41, 5.74) is 0.958. The lowest BCUT2D eigenvalue weighted by Gasteiger charge is -2.24. The first-order valence-electron chi connectivity index (χ1n) is 6.46. The zero-order valence-electron chi connectivity index (χ0n) is 11.2. The van der Waals surface area contributed by atoms with E-state index in [9.17, 15) is 0 Å². The molecule has 18 heavy (non-hydrogen) atoms. The molecule has 0 atom stereocenters. The number of nitrogens with one attached hydrogen (secondary N) is 1. The number of hydrogen-bond acceptors (Lipinski definition) is 4. The highest BCUT2D eigenvalue weighted by Crippen LogP contribution is 2.26. The molecule has 0 amide bonds. The lowest BCUT2D eigenvalue weighted by molar-refractivity contribution is 0.659. The summed E-state index contributed by atoms with van der Waals surface area (Å²) in [5.74, 6) is 4.48. The Kier molecular flexibility index (Phi) is 4.73. The van der Waals surface area contributed by atoms with Crippen LogP contribution < -0.4 is 5.32 Å². The number of aromatic nitrogens is 2. The van der Waals surface area contributed by atoms with Crippen molar-refractivity contribution in [1.82, 2.24) is 9.97 Å². The third-order valence-electron chi connectivity index (χ3n) is 3.18. The van der Waals surface area contributed by atoms with Gasteiger partial charge in [0.15, 0.2) is 0 Å². The average Bonchev–Trinajstić information content (AvgIpc) is 2.35. The second-order valence-electron chi connectivity index (χ2n) is 5.03. The summed E-state index contributed by atoms with van der Waals surface area (Å²) in [6.45, 7) is 6.15. The highest BCUT2D eigenvalue weighted by Gasteiger charge is 2.17. The highest BCUT2D eigenvalue weighted by molar-refractivity contribution is 7.99. The molecule has 0 aromatic carbocycles. The van der Waals surface area contributed by atoms with Crippen molar-refractivity contribution in [2.24, 2.45) is 0 Å². The summed E-state index contributed by atoms with van der Waals surface area (Å²) in [5, 5.41) is 4.11. The molecule has 0 unspecified atom stereocenters. The first kappa shape index (κ1) is 13.9. The molecule has 1 aromatic heterocycles. The van der Waals surface area contributed by atoms with Crippen molar-refractivity contribution < 1.29 is 0 Å². The SMILES string of the molecule is Cc1c(Cl)nc(C(C)C)nc1NC1CCSCC1. The summed E-state index contributed by atoms with van der Waals surface area (Å²) >= 11 is 8.21. The van der Waals surface area contributed by atoms with Crippen molar-refractivity contribution in [2.45, 2.75) is 45.6 Å². The van der Waals surface area contributed by atoms with Crippen LogP contribution in [-0.4, -0.2) is 27.5 Å². The fraction of sp³-hybridized carbons (Fsp3) is 0.692. The smallest absolute Gasteiger partial charge is 0.137 e. The number of halogens is 1. The van der Waals surface area contributed by atoms with E-state index < -0.39 is 0 Å². The second-order valence-corrected chi connectivity index (χ2v) is 6.61. The van der Waals surface area contributed by atoms with Crippen LogP contribution in [0.3, 0.4) is 0 Å². The molecule has 1 N–H and O–H groups in total. The predicted octanol–water partition coefficient (Wildman–Crippen LogP) is 3.87. The fourth-order valence-corrected chi connectivity index (χ4v) is 3.22. The van der Waals surface area contributed by atoms with Crippen molar-refractivity contribution in [3.8, 4) is 0 Å². The molecule has 3 nitrogen and oxygen atoms in total. The number of hydrogen-bond donors (Lipinski definition) is 1. The molecular weight excluding hydrogens is 266 g/mol. The maximum Gasteiger partial charge on any atom is 0.137 e. The van der Waals surface area contributed by atoms with Crippen LogP contribution in [0.15, 0.2) is 0 Å². The molecule has 0 saturated carbocycles. The minimum Gasteiger partial charge on any atom is -0.367 e. The van der Waals surface area contributed by atoms with Gasteiger partial charge in [0, 0.05) is 17.5 Å². The third kappa shape index (κ3) is 3.29. The average molecular weight is 286 g/mol. The van der Waals surface area contributed by atoms with Crippen LogP contribution in [0.2, 0.25) is 5.15 Å². The topological polar surface area (TPSA) is 37.8 Å². The normalized spacial score (nSPS) is 17.2. The minimum absolute atomic E-state index is 0.297. The summed E-state index contributed by atoms with van der Waals surface area (Å²) in [6, 6.07) is 0.524. The van der Waals surface area contributed by atoms with Gasteiger partial charge in [-0.2, -0.15) is 11.8 Å². The molecule has 0 radical (unpaired) electrons. The van der Waals surface area contributed by atoms with Crippen LogP contribution >= 0.6 is 23.4 Å². The van der Waals surface area contributed by atoms with Crippen molar-refractivity contribution in [3.05, 3.63) is 16.5 Å². The molecule has 1 saturated heterocycles. The van der Waals surface area contributed by atoms with Crippen LogP contribution in [0.25, 0.3) is 0 Å². The molecule has 2 rings (SSSR count). The van der Waals surface area contributed by atoms with E-state index in [-0.39, 0.29) is 0 Å². The molecule has 5 heteroatoms. The van der Waals surface area contributed by atoms with Crippen molar-refractivity contribution in [2.75, 3.05) is 16.8 Å². The van der Waals surface area contributed by atoms with Gasteiger partial charge in [-0.1, -0.05) is 25.4 Å². The molecule has 1 aliphatic rings. The van der Waals surface area contributed by atoms with Crippen LogP contribution in [-0.2, 0) is 0 Å². The van der Waals surface area contributed by atoms with E-state index in [0.29, 0.717) is 17.1 Å². The number of thioether (sulfide) groups is 1. The van der Waals surface area contributed by atoms with Gasteiger partial charge in [0.1, 0.15) is 16.8 Å². The molecule has 1 aromatic rings. The number of anilines is 1. The van der Waals surface area contributed by atoms with E-state index in [0.717, 1.165) is 17.2 Å². The zero-order chi connectivity index (χ0) is 13.1. The Balaban J connectivity index is 2.19. The van der Waals surface area contributed by atoms with Crippen molar-refractivity contribution in [1.29, 1.82) is 0 Å². The first-order chi connectivity index (χ1) is 8.58. The van der Waals surface area contributed by atoms with E-state index in [4.69, 9.17) is 11.6 Å². The predicted molar refractivity (Wildman–Crippen MR) is 79.8 cm³/mol. The molecule has 100 valence electrons. The van der Waals surface area contributed by atoms with Gasteiger partial charge in [0.2, 0.25) is 0 Å². The molecule has 0 aliphatic carbocycles. The van der Waals surface area contributed by atoms with E-state index in [2.05, 4.69) is 29.1 Å². The third-order valence-corrected chi connectivity index (χ3v) is 4.60. The largest absolute Gasteiger partial charge is 0.367 e. The van der Waals surface area contributed by atoms with Gasteiger partial charge in [0.05, 0.1) is 0 Å². The van der Waals surface area contributed by atoms with Crippen LogP contribution in [0.1, 0.15) is 44.0 Å². The van der Waals surface area contributed by atoms with Crippen molar-refractivity contribution in [3.63, 3.8) is 0 Å². The minimum atomic E-state index is 0.297. The number of nitrogens with zero attached hydrogens (tertiary/aromatic N) is 2. The molecule has 2 heterocycles. The van der Waals surface area contributed by atoms with E-state index >= 15 is 0 Å². The second kappa shape index (κ2) is 6.11. The summed E-state index contributed by atoms with van der Waals surface area (Å²) in [7, 11) is 0. The van der Waals surface area contributed by atoms with Gasteiger partial charge < -0.3 is 5.32 Å². The van der Waals surface area contributed by atoms with Gasteiger partial charge in [-0.05, 0) is 31.3 Å². The number of rotatable bonds is 3.